The third kappa shape index (κ3) is 4.71. The Balaban J connectivity index is 1.40. The first kappa shape index (κ1) is 17.7. The van der Waals surface area contributed by atoms with Crippen LogP contribution in [0.15, 0.2) is 29.2 Å². The van der Waals surface area contributed by atoms with E-state index in [1.165, 1.54) is 51.7 Å². The molecule has 3 rings (SSSR count). The molecule has 2 heterocycles. The molecule has 0 bridgehead atoms. The molecular formula is C18H28N2O3S. The molecule has 0 saturated carbocycles. The summed E-state index contributed by atoms with van der Waals surface area (Å²) >= 11 is 0. The molecule has 1 atom stereocenters. The minimum atomic E-state index is -3.14. The normalized spacial score (nSPS) is 23.0. The second-order valence-corrected chi connectivity index (χ2v) is 8.95. The summed E-state index contributed by atoms with van der Waals surface area (Å²) in [4.78, 5) is 5.56. The first-order valence-corrected chi connectivity index (χ1v) is 10.8. The van der Waals surface area contributed by atoms with Gasteiger partial charge in [-0.25, -0.2) is 8.42 Å². The topological polar surface area (TPSA) is 49.9 Å². The number of nitrogens with zero attached hydrogens (tertiary/aromatic N) is 2. The van der Waals surface area contributed by atoms with Gasteiger partial charge in [0, 0.05) is 25.4 Å². The van der Waals surface area contributed by atoms with Crippen LogP contribution in [0.2, 0.25) is 0 Å². The number of benzene rings is 1. The molecule has 1 aromatic carbocycles. The summed E-state index contributed by atoms with van der Waals surface area (Å²) in [5.74, 6) is 0.736. The lowest BCUT2D eigenvalue weighted by atomic mass is 10.2. The van der Waals surface area contributed by atoms with Gasteiger partial charge in [0.15, 0.2) is 9.84 Å². The second-order valence-electron chi connectivity index (χ2n) is 6.93. The maximum Gasteiger partial charge on any atom is 0.175 e. The molecular weight excluding hydrogens is 324 g/mol. The Kier molecular flexibility index (Phi) is 5.79. The lowest BCUT2D eigenvalue weighted by Crippen LogP contribution is -2.37. The molecule has 5 nitrogen and oxygen atoms in total. The summed E-state index contributed by atoms with van der Waals surface area (Å²) in [6.45, 7) is 6.67. The highest BCUT2D eigenvalue weighted by Gasteiger charge is 2.28. The lowest BCUT2D eigenvalue weighted by molar-refractivity contribution is 0.205. The fraction of sp³-hybridized carbons (Fsp3) is 0.667. The van der Waals surface area contributed by atoms with Crippen LogP contribution in [-0.2, 0) is 9.84 Å². The van der Waals surface area contributed by atoms with Crippen molar-refractivity contribution >= 4 is 9.84 Å². The third-order valence-electron chi connectivity index (χ3n) is 5.03. The third-order valence-corrected chi connectivity index (χ3v) is 6.16. The summed E-state index contributed by atoms with van der Waals surface area (Å²) < 4.78 is 28.6. The Morgan fingerprint density at radius 2 is 1.88 bits per heavy atom. The molecule has 2 aliphatic rings. The molecule has 2 aliphatic heterocycles. The zero-order valence-electron chi connectivity index (χ0n) is 14.5. The number of hydrogen-bond acceptors (Lipinski definition) is 5. The Bertz CT molecular complexity index is 630. The van der Waals surface area contributed by atoms with Gasteiger partial charge in [0.25, 0.3) is 0 Å². The van der Waals surface area contributed by atoms with E-state index in [1.54, 1.807) is 24.3 Å². The average Bonchev–Trinajstić information content (AvgIpc) is 2.89. The molecule has 0 spiro atoms. The van der Waals surface area contributed by atoms with Gasteiger partial charge in [0.05, 0.1) is 11.5 Å². The van der Waals surface area contributed by atoms with Crippen molar-refractivity contribution in [3.05, 3.63) is 24.3 Å². The van der Waals surface area contributed by atoms with Gasteiger partial charge in [-0.1, -0.05) is 0 Å². The van der Waals surface area contributed by atoms with Crippen molar-refractivity contribution in [3.8, 4) is 5.75 Å². The van der Waals surface area contributed by atoms with E-state index in [9.17, 15) is 8.42 Å². The number of fused-ring (bicyclic) bond motifs is 1. The fourth-order valence-electron chi connectivity index (χ4n) is 3.75. The van der Waals surface area contributed by atoms with Crippen LogP contribution in [0.4, 0.5) is 0 Å². The average molecular weight is 353 g/mol. The molecule has 0 aromatic heterocycles. The Labute approximate surface area is 145 Å². The van der Waals surface area contributed by atoms with Crippen LogP contribution in [0.25, 0.3) is 0 Å². The van der Waals surface area contributed by atoms with E-state index in [2.05, 4.69) is 9.80 Å². The minimum absolute atomic E-state index is 0.334. The second kappa shape index (κ2) is 7.85. The molecule has 1 aromatic rings. The van der Waals surface area contributed by atoms with Crippen molar-refractivity contribution in [2.75, 3.05) is 45.6 Å². The molecule has 134 valence electrons. The van der Waals surface area contributed by atoms with Crippen LogP contribution in [0, 0.1) is 0 Å². The SMILES string of the molecule is CS(=O)(=O)c1ccc(OCCCN2CCCN3CCC[C@H]3C2)cc1. The summed E-state index contributed by atoms with van der Waals surface area (Å²) in [6, 6.07) is 7.44. The first-order chi connectivity index (χ1) is 11.5. The van der Waals surface area contributed by atoms with E-state index < -0.39 is 9.84 Å². The first-order valence-electron chi connectivity index (χ1n) is 8.92. The highest BCUT2D eigenvalue weighted by Crippen LogP contribution is 2.21. The van der Waals surface area contributed by atoms with Crippen molar-refractivity contribution < 1.29 is 13.2 Å². The Morgan fingerprint density at radius 1 is 1.12 bits per heavy atom. The molecule has 24 heavy (non-hydrogen) atoms. The fourth-order valence-corrected chi connectivity index (χ4v) is 4.38. The van der Waals surface area contributed by atoms with E-state index >= 15 is 0 Å². The highest BCUT2D eigenvalue weighted by atomic mass is 32.2. The van der Waals surface area contributed by atoms with Crippen LogP contribution >= 0.6 is 0 Å². The van der Waals surface area contributed by atoms with E-state index in [-0.39, 0.29) is 0 Å². The Hall–Kier alpha value is -1.11. The standard InChI is InChI=1S/C18H28N2O3S/c1-24(21,22)18-8-6-17(7-9-18)23-14-4-11-19-10-3-13-20-12-2-5-16(20)15-19/h6-9,16H,2-5,10-15H2,1H3/t16-/m0/s1. The van der Waals surface area contributed by atoms with E-state index in [0.29, 0.717) is 11.5 Å². The van der Waals surface area contributed by atoms with Gasteiger partial charge in [-0.05, 0) is 69.6 Å². The van der Waals surface area contributed by atoms with Crippen LogP contribution in [0.1, 0.15) is 25.7 Å². The zero-order chi connectivity index (χ0) is 17.0. The van der Waals surface area contributed by atoms with E-state index in [4.69, 9.17) is 4.74 Å². The van der Waals surface area contributed by atoms with Crippen LogP contribution < -0.4 is 4.74 Å². The van der Waals surface area contributed by atoms with Crippen molar-refractivity contribution in [1.29, 1.82) is 0 Å². The number of hydrogen-bond donors (Lipinski definition) is 0. The molecule has 6 heteroatoms. The summed E-state index contributed by atoms with van der Waals surface area (Å²) in [6.07, 6.45) is 6.19. The van der Waals surface area contributed by atoms with Crippen LogP contribution in [-0.4, -0.2) is 69.8 Å². The summed E-state index contributed by atoms with van der Waals surface area (Å²) in [5, 5.41) is 0. The van der Waals surface area contributed by atoms with Gasteiger partial charge >= 0.3 is 0 Å². The predicted octanol–water partition coefficient (Wildman–Crippen LogP) is 2.03. The highest BCUT2D eigenvalue weighted by molar-refractivity contribution is 7.90. The van der Waals surface area contributed by atoms with E-state index in [0.717, 1.165) is 24.8 Å². The van der Waals surface area contributed by atoms with Crippen LogP contribution in [0.5, 0.6) is 5.75 Å². The van der Waals surface area contributed by atoms with Gasteiger partial charge in [-0.15, -0.1) is 0 Å². The van der Waals surface area contributed by atoms with Crippen molar-refractivity contribution in [2.24, 2.45) is 0 Å². The lowest BCUT2D eigenvalue weighted by Gasteiger charge is -2.25. The smallest absolute Gasteiger partial charge is 0.175 e. The zero-order valence-corrected chi connectivity index (χ0v) is 15.3. The van der Waals surface area contributed by atoms with Gasteiger partial charge in [0.1, 0.15) is 5.75 Å². The summed E-state index contributed by atoms with van der Waals surface area (Å²) in [7, 11) is -3.14. The number of ether oxygens (including phenoxy) is 1. The monoisotopic (exact) mass is 352 g/mol. The molecule has 2 saturated heterocycles. The molecule has 0 N–H and O–H groups in total. The van der Waals surface area contributed by atoms with Gasteiger partial charge in [-0.3, -0.25) is 4.90 Å². The van der Waals surface area contributed by atoms with Crippen LogP contribution in [0.3, 0.4) is 0 Å². The van der Waals surface area contributed by atoms with Crippen molar-refractivity contribution in [1.82, 2.24) is 9.80 Å². The largest absolute Gasteiger partial charge is 0.494 e. The summed E-state index contributed by atoms with van der Waals surface area (Å²) in [5.41, 5.74) is 0. The maximum atomic E-state index is 11.4. The predicted molar refractivity (Wildman–Crippen MR) is 95.3 cm³/mol. The van der Waals surface area contributed by atoms with E-state index in [1.807, 2.05) is 0 Å². The van der Waals surface area contributed by atoms with Gasteiger partial charge in [0.2, 0.25) is 0 Å². The quantitative estimate of drug-likeness (QED) is 0.733. The van der Waals surface area contributed by atoms with Crippen molar-refractivity contribution in [3.63, 3.8) is 0 Å². The van der Waals surface area contributed by atoms with Gasteiger partial charge in [-0.2, -0.15) is 0 Å². The molecule has 0 aliphatic carbocycles. The minimum Gasteiger partial charge on any atom is -0.494 e. The maximum absolute atomic E-state index is 11.4. The molecule has 0 radical (unpaired) electrons. The number of sulfone groups is 1. The van der Waals surface area contributed by atoms with Crippen molar-refractivity contribution in [2.45, 2.75) is 36.6 Å². The van der Waals surface area contributed by atoms with Gasteiger partial charge < -0.3 is 9.64 Å². The molecule has 2 fully saturated rings. The molecule has 0 amide bonds. The Morgan fingerprint density at radius 3 is 2.62 bits per heavy atom. The number of rotatable bonds is 6. The molecule has 0 unspecified atom stereocenters.